The fraction of sp³-hybridized carbons (Fsp3) is 0.235. The van der Waals surface area contributed by atoms with Crippen molar-refractivity contribution in [3.05, 3.63) is 60.2 Å². The average Bonchev–Trinajstić information content (AvgIpc) is 2.53. The van der Waals surface area contributed by atoms with Crippen molar-refractivity contribution in [2.75, 3.05) is 19.0 Å². The summed E-state index contributed by atoms with van der Waals surface area (Å²) in [6.07, 6.45) is 1.99. The number of hydrogen-bond acceptors (Lipinski definition) is 2. The van der Waals surface area contributed by atoms with Gasteiger partial charge in [-0.2, -0.15) is 0 Å². The first-order valence-electron chi connectivity index (χ1n) is 7.03. The third kappa shape index (κ3) is 5.18. The Labute approximate surface area is 125 Å². The van der Waals surface area contributed by atoms with Gasteiger partial charge in [-0.3, -0.25) is 4.99 Å². The van der Waals surface area contributed by atoms with Crippen LogP contribution in [0.3, 0.4) is 0 Å². The quantitative estimate of drug-likeness (QED) is 0.486. The van der Waals surface area contributed by atoms with Gasteiger partial charge in [-0.05, 0) is 30.5 Å². The van der Waals surface area contributed by atoms with E-state index in [1.165, 1.54) is 5.56 Å². The van der Waals surface area contributed by atoms with Crippen LogP contribution < -0.4 is 15.8 Å². The van der Waals surface area contributed by atoms with E-state index in [1.807, 2.05) is 30.3 Å². The first-order chi connectivity index (χ1) is 10.3. The summed E-state index contributed by atoms with van der Waals surface area (Å²) in [4.78, 5) is 4.33. The molecule has 4 heteroatoms. The van der Waals surface area contributed by atoms with Crippen LogP contribution in [0.2, 0.25) is 0 Å². The second kappa shape index (κ2) is 7.94. The Kier molecular flexibility index (Phi) is 5.64. The number of anilines is 1. The van der Waals surface area contributed by atoms with E-state index in [2.05, 4.69) is 34.6 Å². The van der Waals surface area contributed by atoms with E-state index in [0.29, 0.717) is 12.5 Å². The molecule has 4 nitrogen and oxygen atoms in total. The van der Waals surface area contributed by atoms with Crippen molar-refractivity contribution in [1.82, 2.24) is 0 Å². The first-order valence-corrected chi connectivity index (χ1v) is 7.03. The predicted molar refractivity (Wildman–Crippen MR) is 87.9 cm³/mol. The van der Waals surface area contributed by atoms with Gasteiger partial charge in [0.05, 0.1) is 7.11 Å². The molecule has 0 atom stereocenters. The van der Waals surface area contributed by atoms with Gasteiger partial charge < -0.3 is 15.8 Å². The molecule has 0 saturated carbocycles. The topological polar surface area (TPSA) is 59.6 Å². The van der Waals surface area contributed by atoms with Crippen molar-refractivity contribution >= 4 is 11.6 Å². The van der Waals surface area contributed by atoms with Crippen LogP contribution in [-0.4, -0.2) is 19.6 Å². The van der Waals surface area contributed by atoms with Crippen LogP contribution in [-0.2, 0) is 6.42 Å². The second-order valence-electron chi connectivity index (χ2n) is 4.71. The number of aryl methyl sites for hydroxylation is 1. The van der Waals surface area contributed by atoms with Gasteiger partial charge in [0.15, 0.2) is 5.96 Å². The summed E-state index contributed by atoms with van der Waals surface area (Å²) in [6, 6.07) is 18.0. The first kappa shape index (κ1) is 14.9. The largest absolute Gasteiger partial charge is 0.497 e. The fourth-order valence-electron chi connectivity index (χ4n) is 2.02. The number of nitrogens with one attached hydrogen (secondary N) is 1. The van der Waals surface area contributed by atoms with E-state index < -0.39 is 0 Å². The molecule has 0 unspecified atom stereocenters. The van der Waals surface area contributed by atoms with Crippen LogP contribution in [0.15, 0.2) is 59.6 Å². The number of hydrogen-bond donors (Lipinski definition) is 2. The number of aliphatic imine (C=N–C) groups is 1. The number of rotatable bonds is 6. The molecule has 0 aliphatic carbocycles. The van der Waals surface area contributed by atoms with Crippen molar-refractivity contribution < 1.29 is 4.74 Å². The standard InChI is InChI=1S/C17H21N3O/c1-21-16-11-5-10-15(13-16)20-17(18)19-12-6-9-14-7-3-2-4-8-14/h2-5,7-8,10-11,13H,6,9,12H2,1H3,(H3,18,19,20). The minimum absolute atomic E-state index is 0.427. The zero-order chi connectivity index (χ0) is 14.9. The van der Waals surface area contributed by atoms with Crippen LogP contribution in [0.25, 0.3) is 0 Å². The Morgan fingerprint density at radius 2 is 1.95 bits per heavy atom. The molecule has 0 radical (unpaired) electrons. The zero-order valence-corrected chi connectivity index (χ0v) is 12.3. The highest BCUT2D eigenvalue weighted by atomic mass is 16.5. The van der Waals surface area contributed by atoms with Gasteiger partial charge in [-0.1, -0.05) is 36.4 Å². The Morgan fingerprint density at radius 3 is 2.71 bits per heavy atom. The lowest BCUT2D eigenvalue weighted by Gasteiger charge is -2.07. The molecule has 2 aromatic rings. The Bertz CT molecular complexity index is 582. The number of ether oxygens (including phenoxy) is 1. The predicted octanol–water partition coefficient (Wildman–Crippen LogP) is 3.05. The molecule has 0 spiro atoms. The summed E-state index contributed by atoms with van der Waals surface area (Å²) < 4.78 is 5.16. The van der Waals surface area contributed by atoms with Gasteiger partial charge in [-0.25, -0.2) is 0 Å². The van der Waals surface area contributed by atoms with E-state index in [9.17, 15) is 0 Å². The Balaban J connectivity index is 1.78. The minimum atomic E-state index is 0.427. The van der Waals surface area contributed by atoms with E-state index in [0.717, 1.165) is 24.3 Å². The molecule has 0 heterocycles. The second-order valence-corrected chi connectivity index (χ2v) is 4.71. The van der Waals surface area contributed by atoms with Gasteiger partial charge in [0, 0.05) is 18.3 Å². The van der Waals surface area contributed by atoms with E-state index in [-0.39, 0.29) is 0 Å². The minimum Gasteiger partial charge on any atom is -0.497 e. The number of nitrogens with zero attached hydrogens (tertiary/aromatic N) is 1. The smallest absolute Gasteiger partial charge is 0.193 e. The SMILES string of the molecule is COc1cccc(NC(N)=NCCCc2ccccc2)c1. The highest BCUT2D eigenvalue weighted by molar-refractivity contribution is 5.92. The lowest BCUT2D eigenvalue weighted by Crippen LogP contribution is -2.22. The third-order valence-electron chi connectivity index (χ3n) is 3.09. The highest BCUT2D eigenvalue weighted by Gasteiger charge is 1.97. The van der Waals surface area contributed by atoms with Crippen molar-refractivity contribution in [3.8, 4) is 5.75 Å². The maximum absolute atomic E-state index is 5.87. The number of nitrogens with two attached hydrogens (primary N) is 1. The van der Waals surface area contributed by atoms with Crippen molar-refractivity contribution in [2.24, 2.45) is 10.7 Å². The van der Waals surface area contributed by atoms with Crippen molar-refractivity contribution in [2.45, 2.75) is 12.8 Å². The van der Waals surface area contributed by atoms with Crippen molar-refractivity contribution in [3.63, 3.8) is 0 Å². The van der Waals surface area contributed by atoms with Crippen LogP contribution in [0.4, 0.5) is 5.69 Å². The molecule has 0 aliphatic heterocycles. The van der Waals surface area contributed by atoms with Crippen LogP contribution in [0, 0.1) is 0 Å². The van der Waals surface area contributed by atoms with E-state index >= 15 is 0 Å². The van der Waals surface area contributed by atoms with E-state index in [1.54, 1.807) is 7.11 Å². The van der Waals surface area contributed by atoms with Gasteiger partial charge in [0.2, 0.25) is 0 Å². The molecule has 3 N–H and O–H groups in total. The molecule has 0 saturated heterocycles. The normalized spacial score (nSPS) is 11.2. The molecule has 2 rings (SSSR count). The maximum atomic E-state index is 5.87. The summed E-state index contributed by atoms with van der Waals surface area (Å²) in [6.45, 7) is 0.706. The lowest BCUT2D eigenvalue weighted by atomic mass is 10.1. The fourth-order valence-corrected chi connectivity index (χ4v) is 2.02. The number of guanidine groups is 1. The monoisotopic (exact) mass is 283 g/mol. The molecule has 0 aromatic heterocycles. The average molecular weight is 283 g/mol. The molecule has 0 fully saturated rings. The Morgan fingerprint density at radius 1 is 1.14 bits per heavy atom. The summed E-state index contributed by atoms with van der Waals surface area (Å²) in [5, 5.41) is 3.06. The van der Waals surface area contributed by atoms with Crippen molar-refractivity contribution in [1.29, 1.82) is 0 Å². The van der Waals surface area contributed by atoms with Gasteiger partial charge >= 0.3 is 0 Å². The van der Waals surface area contributed by atoms with Gasteiger partial charge in [-0.15, -0.1) is 0 Å². The highest BCUT2D eigenvalue weighted by Crippen LogP contribution is 2.16. The lowest BCUT2D eigenvalue weighted by molar-refractivity contribution is 0.415. The summed E-state index contributed by atoms with van der Waals surface area (Å²) in [7, 11) is 1.64. The zero-order valence-electron chi connectivity index (χ0n) is 12.3. The molecular formula is C17H21N3O. The van der Waals surface area contributed by atoms with Crippen LogP contribution in [0.5, 0.6) is 5.75 Å². The van der Waals surface area contributed by atoms with Crippen LogP contribution >= 0.6 is 0 Å². The molecule has 0 amide bonds. The summed E-state index contributed by atoms with van der Waals surface area (Å²) in [5.74, 6) is 1.22. The molecule has 110 valence electrons. The molecule has 21 heavy (non-hydrogen) atoms. The summed E-state index contributed by atoms with van der Waals surface area (Å²) >= 11 is 0. The number of benzene rings is 2. The Hall–Kier alpha value is -2.49. The molecular weight excluding hydrogens is 262 g/mol. The van der Waals surface area contributed by atoms with Crippen LogP contribution in [0.1, 0.15) is 12.0 Å². The maximum Gasteiger partial charge on any atom is 0.193 e. The molecule has 0 aliphatic rings. The molecule has 2 aromatic carbocycles. The third-order valence-corrected chi connectivity index (χ3v) is 3.09. The van der Waals surface area contributed by atoms with Gasteiger partial charge in [0.25, 0.3) is 0 Å². The summed E-state index contributed by atoms with van der Waals surface area (Å²) in [5.41, 5.74) is 8.07. The van der Waals surface area contributed by atoms with Gasteiger partial charge in [0.1, 0.15) is 5.75 Å². The number of methoxy groups -OCH3 is 1. The van der Waals surface area contributed by atoms with E-state index in [4.69, 9.17) is 10.5 Å². The molecule has 0 bridgehead atoms.